The Morgan fingerprint density at radius 2 is 1.88 bits per heavy atom. The summed E-state index contributed by atoms with van der Waals surface area (Å²) in [6.45, 7) is 5.58. The second kappa shape index (κ2) is 4.45. The topological polar surface area (TPSA) is 42.2 Å². The van der Waals surface area contributed by atoms with Crippen LogP contribution in [0.1, 0.15) is 27.4 Å². The molecule has 0 aliphatic rings. The van der Waals surface area contributed by atoms with Gasteiger partial charge in [-0.3, -0.25) is 4.79 Å². The molecule has 1 heterocycles. The van der Waals surface area contributed by atoms with Gasteiger partial charge in [0.1, 0.15) is 11.5 Å². The summed E-state index contributed by atoms with van der Waals surface area (Å²) in [6, 6.07) is 9.44. The SMILES string of the molecule is Cc1cc(C(=O)Nc2ccccc2C)c(C)o1. The number of amides is 1. The number of nitrogens with one attached hydrogen (secondary N) is 1. The van der Waals surface area contributed by atoms with E-state index in [1.165, 1.54) is 0 Å². The number of aryl methyl sites for hydroxylation is 3. The number of para-hydroxylation sites is 1. The van der Waals surface area contributed by atoms with Crippen molar-refractivity contribution >= 4 is 11.6 Å². The van der Waals surface area contributed by atoms with Gasteiger partial charge < -0.3 is 9.73 Å². The molecule has 0 spiro atoms. The van der Waals surface area contributed by atoms with Crippen LogP contribution in [0.3, 0.4) is 0 Å². The minimum atomic E-state index is -0.131. The van der Waals surface area contributed by atoms with Crippen molar-refractivity contribution in [2.45, 2.75) is 20.8 Å². The number of carbonyl (C=O) groups excluding carboxylic acids is 1. The fourth-order valence-corrected chi connectivity index (χ4v) is 1.76. The molecule has 0 radical (unpaired) electrons. The van der Waals surface area contributed by atoms with Gasteiger partial charge in [-0.05, 0) is 38.5 Å². The van der Waals surface area contributed by atoms with Crippen molar-refractivity contribution in [1.29, 1.82) is 0 Å². The maximum absolute atomic E-state index is 12.0. The first-order valence-corrected chi connectivity index (χ1v) is 5.52. The monoisotopic (exact) mass is 229 g/mol. The minimum Gasteiger partial charge on any atom is -0.466 e. The van der Waals surface area contributed by atoms with E-state index >= 15 is 0 Å². The van der Waals surface area contributed by atoms with Crippen LogP contribution in [-0.2, 0) is 0 Å². The molecule has 0 unspecified atom stereocenters. The Bertz CT molecular complexity index is 555. The van der Waals surface area contributed by atoms with Gasteiger partial charge in [0.05, 0.1) is 5.56 Å². The van der Waals surface area contributed by atoms with Crippen LogP contribution in [-0.4, -0.2) is 5.91 Å². The average molecular weight is 229 g/mol. The van der Waals surface area contributed by atoms with E-state index in [4.69, 9.17) is 4.42 Å². The standard InChI is InChI=1S/C14H15NO2/c1-9-6-4-5-7-13(9)15-14(16)12-8-10(2)17-11(12)3/h4-8H,1-3H3,(H,15,16). The van der Waals surface area contributed by atoms with Gasteiger partial charge in [-0.2, -0.15) is 0 Å². The molecule has 2 rings (SSSR count). The Hall–Kier alpha value is -2.03. The zero-order chi connectivity index (χ0) is 12.4. The van der Waals surface area contributed by atoms with E-state index < -0.39 is 0 Å². The number of rotatable bonds is 2. The highest BCUT2D eigenvalue weighted by atomic mass is 16.3. The van der Waals surface area contributed by atoms with Crippen LogP contribution in [0.4, 0.5) is 5.69 Å². The van der Waals surface area contributed by atoms with Crippen LogP contribution < -0.4 is 5.32 Å². The van der Waals surface area contributed by atoms with E-state index in [0.29, 0.717) is 11.3 Å². The van der Waals surface area contributed by atoms with E-state index in [1.54, 1.807) is 13.0 Å². The number of benzene rings is 1. The molecule has 0 bridgehead atoms. The third-order valence-electron chi connectivity index (χ3n) is 2.68. The van der Waals surface area contributed by atoms with Crippen molar-refractivity contribution in [3.63, 3.8) is 0 Å². The highest BCUT2D eigenvalue weighted by Crippen LogP contribution is 2.18. The molecule has 3 nitrogen and oxygen atoms in total. The zero-order valence-corrected chi connectivity index (χ0v) is 10.2. The van der Waals surface area contributed by atoms with Gasteiger partial charge in [-0.25, -0.2) is 0 Å². The van der Waals surface area contributed by atoms with Gasteiger partial charge in [-0.15, -0.1) is 0 Å². The summed E-state index contributed by atoms with van der Waals surface area (Å²) in [4.78, 5) is 12.0. The molecule has 1 N–H and O–H groups in total. The molecule has 0 saturated heterocycles. The van der Waals surface area contributed by atoms with Crippen molar-refractivity contribution in [2.24, 2.45) is 0 Å². The lowest BCUT2D eigenvalue weighted by Crippen LogP contribution is -2.12. The molecule has 17 heavy (non-hydrogen) atoms. The van der Waals surface area contributed by atoms with Gasteiger partial charge in [0.25, 0.3) is 5.91 Å². The Morgan fingerprint density at radius 1 is 1.18 bits per heavy atom. The normalized spacial score (nSPS) is 10.3. The lowest BCUT2D eigenvalue weighted by molar-refractivity contribution is 0.102. The third kappa shape index (κ3) is 2.38. The van der Waals surface area contributed by atoms with Crippen LogP contribution >= 0.6 is 0 Å². The highest BCUT2D eigenvalue weighted by Gasteiger charge is 2.13. The molecule has 0 saturated carbocycles. The molecular formula is C14H15NO2. The van der Waals surface area contributed by atoms with Gasteiger partial charge in [-0.1, -0.05) is 18.2 Å². The van der Waals surface area contributed by atoms with Crippen molar-refractivity contribution in [2.75, 3.05) is 5.32 Å². The molecule has 0 fully saturated rings. The number of carbonyl (C=O) groups is 1. The molecule has 1 amide bonds. The van der Waals surface area contributed by atoms with E-state index in [2.05, 4.69) is 5.32 Å². The van der Waals surface area contributed by atoms with Gasteiger partial charge in [0, 0.05) is 5.69 Å². The molecule has 0 aliphatic heterocycles. The third-order valence-corrected chi connectivity index (χ3v) is 2.68. The van der Waals surface area contributed by atoms with Gasteiger partial charge in [0.15, 0.2) is 0 Å². The highest BCUT2D eigenvalue weighted by molar-refractivity contribution is 6.05. The fourth-order valence-electron chi connectivity index (χ4n) is 1.76. The van der Waals surface area contributed by atoms with Crippen LogP contribution in [0.2, 0.25) is 0 Å². The van der Waals surface area contributed by atoms with Crippen LogP contribution in [0.25, 0.3) is 0 Å². The maximum atomic E-state index is 12.0. The smallest absolute Gasteiger partial charge is 0.259 e. The van der Waals surface area contributed by atoms with Crippen molar-refractivity contribution in [3.8, 4) is 0 Å². The maximum Gasteiger partial charge on any atom is 0.259 e. The minimum absolute atomic E-state index is 0.131. The summed E-state index contributed by atoms with van der Waals surface area (Å²) in [7, 11) is 0. The lowest BCUT2D eigenvalue weighted by Gasteiger charge is -2.06. The quantitative estimate of drug-likeness (QED) is 0.856. The van der Waals surface area contributed by atoms with E-state index in [1.807, 2.05) is 38.1 Å². The molecular weight excluding hydrogens is 214 g/mol. The molecule has 88 valence electrons. The molecule has 3 heteroatoms. The Balaban J connectivity index is 2.23. The second-order valence-electron chi connectivity index (χ2n) is 4.10. The molecule has 0 aliphatic carbocycles. The molecule has 0 atom stereocenters. The first-order valence-electron chi connectivity index (χ1n) is 5.52. The predicted molar refractivity (Wildman–Crippen MR) is 67.3 cm³/mol. The first kappa shape index (κ1) is 11.5. The lowest BCUT2D eigenvalue weighted by atomic mass is 10.2. The van der Waals surface area contributed by atoms with E-state index in [9.17, 15) is 4.79 Å². The Labute approximate surface area is 100 Å². The summed E-state index contributed by atoms with van der Waals surface area (Å²) < 4.78 is 5.34. The predicted octanol–water partition coefficient (Wildman–Crippen LogP) is 3.46. The first-order chi connectivity index (χ1) is 8.08. The zero-order valence-electron chi connectivity index (χ0n) is 10.2. The molecule has 1 aromatic carbocycles. The second-order valence-corrected chi connectivity index (χ2v) is 4.10. The number of furan rings is 1. The van der Waals surface area contributed by atoms with Gasteiger partial charge in [0.2, 0.25) is 0 Å². The molecule has 2 aromatic rings. The number of hydrogen-bond acceptors (Lipinski definition) is 2. The summed E-state index contributed by atoms with van der Waals surface area (Å²) in [5.41, 5.74) is 2.46. The summed E-state index contributed by atoms with van der Waals surface area (Å²) in [5, 5.41) is 2.88. The molecule has 1 aromatic heterocycles. The number of hydrogen-bond donors (Lipinski definition) is 1. The van der Waals surface area contributed by atoms with Crippen LogP contribution in [0.15, 0.2) is 34.7 Å². The van der Waals surface area contributed by atoms with Crippen LogP contribution in [0.5, 0.6) is 0 Å². The van der Waals surface area contributed by atoms with Crippen molar-refractivity contribution in [3.05, 3.63) is 53.0 Å². The van der Waals surface area contributed by atoms with E-state index in [-0.39, 0.29) is 5.91 Å². The summed E-state index contributed by atoms with van der Waals surface area (Å²) >= 11 is 0. The Kier molecular flexibility index (Phi) is 3.00. The number of anilines is 1. The Morgan fingerprint density at radius 3 is 2.47 bits per heavy atom. The fraction of sp³-hybridized carbons (Fsp3) is 0.214. The van der Waals surface area contributed by atoms with Crippen molar-refractivity contribution < 1.29 is 9.21 Å². The van der Waals surface area contributed by atoms with Gasteiger partial charge >= 0.3 is 0 Å². The summed E-state index contributed by atoms with van der Waals surface area (Å²) in [6.07, 6.45) is 0. The van der Waals surface area contributed by atoms with E-state index in [0.717, 1.165) is 17.0 Å². The van der Waals surface area contributed by atoms with Crippen LogP contribution in [0, 0.1) is 20.8 Å². The summed E-state index contributed by atoms with van der Waals surface area (Å²) in [5.74, 6) is 1.26. The van der Waals surface area contributed by atoms with Crippen molar-refractivity contribution in [1.82, 2.24) is 0 Å². The largest absolute Gasteiger partial charge is 0.466 e. The average Bonchev–Trinajstić information content (AvgIpc) is 2.61.